The molecule has 0 bridgehead atoms. The van der Waals surface area contributed by atoms with Crippen molar-refractivity contribution in [1.82, 2.24) is 5.32 Å². The van der Waals surface area contributed by atoms with E-state index >= 15 is 0 Å². The molecule has 0 atom stereocenters. The summed E-state index contributed by atoms with van der Waals surface area (Å²) in [4.78, 5) is 1.43. The SMILES string of the molecule is Cc1ccoc1CNCCc1cccs1. The van der Waals surface area contributed by atoms with Gasteiger partial charge in [-0.1, -0.05) is 6.07 Å². The predicted octanol–water partition coefficient (Wildman–Crippen LogP) is 2.98. The normalized spacial score (nSPS) is 10.7. The molecule has 2 aromatic heterocycles. The van der Waals surface area contributed by atoms with Gasteiger partial charge in [-0.2, -0.15) is 0 Å². The molecule has 2 aromatic rings. The first kappa shape index (κ1) is 10.5. The lowest BCUT2D eigenvalue weighted by atomic mass is 10.3. The third-order valence-corrected chi connectivity index (χ3v) is 3.32. The fourth-order valence-electron chi connectivity index (χ4n) is 1.45. The summed E-state index contributed by atoms with van der Waals surface area (Å²) < 4.78 is 5.34. The molecule has 0 saturated heterocycles. The van der Waals surface area contributed by atoms with Gasteiger partial charge in [-0.25, -0.2) is 0 Å². The van der Waals surface area contributed by atoms with E-state index in [1.54, 1.807) is 6.26 Å². The third-order valence-electron chi connectivity index (χ3n) is 2.38. The highest BCUT2D eigenvalue weighted by Crippen LogP contribution is 2.09. The number of furan rings is 1. The number of hydrogen-bond acceptors (Lipinski definition) is 3. The van der Waals surface area contributed by atoms with E-state index in [1.807, 2.05) is 17.4 Å². The van der Waals surface area contributed by atoms with Crippen molar-refractivity contribution in [2.45, 2.75) is 19.9 Å². The van der Waals surface area contributed by atoms with E-state index in [1.165, 1.54) is 10.4 Å². The second kappa shape index (κ2) is 5.14. The largest absolute Gasteiger partial charge is 0.468 e. The first-order valence-electron chi connectivity index (χ1n) is 5.12. The molecule has 15 heavy (non-hydrogen) atoms. The minimum Gasteiger partial charge on any atom is -0.468 e. The van der Waals surface area contributed by atoms with Crippen LogP contribution in [0.2, 0.25) is 0 Å². The van der Waals surface area contributed by atoms with Crippen molar-refractivity contribution in [2.75, 3.05) is 6.54 Å². The van der Waals surface area contributed by atoms with Crippen LogP contribution in [0.5, 0.6) is 0 Å². The Hall–Kier alpha value is -1.06. The zero-order chi connectivity index (χ0) is 10.5. The van der Waals surface area contributed by atoms with Crippen LogP contribution in [0.4, 0.5) is 0 Å². The van der Waals surface area contributed by atoms with E-state index in [9.17, 15) is 0 Å². The standard InChI is InChI=1S/C12H15NOS/c1-10-5-7-14-12(10)9-13-6-4-11-3-2-8-15-11/h2-3,5,7-8,13H,4,6,9H2,1H3. The van der Waals surface area contributed by atoms with Gasteiger partial charge in [0.15, 0.2) is 0 Å². The lowest BCUT2D eigenvalue weighted by Crippen LogP contribution is -2.16. The van der Waals surface area contributed by atoms with E-state index < -0.39 is 0 Å². The summed E-state index contributed by atoms with van der Waals surface area (Å²) in [5.41, 5.74) is 1.22. The zero-order valence-electron chi connectivity index (χ0n) is 8.82. The van der Waals surface area contributed by atoms with Gasteiger partial charge < -0.3 is 9.73 Å². The van der Waals surface area contributed by atoms with Gasteiger partial charge in [0, 0.05) is 11.4 Å². The van der Waals surface area contributed by atoms with Crippen molar-refractivity contribution in [3.05, 3.63) is 46.0 Å². The van der Waals surface area contributed by atoms with Gasteiger partial charge in [-0.05, 0) is 36.4 Å². The van der Waals surface area contributed by atoms with E-state index in [4.69, 9.17) is 4.42 Å². The van der Waals surface area contributed by atoms with Crippen molar-refractivity contribution >= 4 is 11.3 Å². The minimum atomic E-state index is 0.824. The van der Waals surface area contributed by atoms with Gasteiger partial charge in [0.2, 0.25) is 0 Å². The Morgan fingerprint density at radius 3 is 3.00 bits per heavy atom. The highest BCUT2D eigenvalue weighted by Gasteiger charge is 2.00. The lowest BCUT2D eigenvalue weighted by molar-refractivity contribution is 0.481. The summed E-state index contributed by atoms with van der Waals surface area (Å²) in [5, 5.41) is 5.50. The average molecular weight is 221 g/mol. The highest BCUT2D eigenvalue weighted by atomic mass is 32.1. The van der Waals surface area contributed by atoms with Gasteiger partial charge in [0.05, 0.1) is 12.8 Å². The molecule has 2 heterocycles. The third kappa shape index (κ3) is 2.94. The van der Waals surface area contributed by atoms with E-state index in [0.717, 1.165) is 25.3 Å². The lowest BCUT2D eigenvalue weighted by Gasteiger charge is -2.01. The summed E-state index contributed by atoms with van der Waals surface area (Å²) in [6.45, 7) is 3.89. The molecule has 1 N–H and O–H groups in total. The second-order valence-corrected chi connectivity index (χ2v) is 4.57. The Labute approximate surface area is 93.9 Å². The number of thiophene rings is 1. The summed E-state index contributed by atoms with van der Waals surface area (Å²) in [7, 11) is 0. The summed E-state index contributed by atoms with van der Waals surface area (Å²) >= 11 is 1.81. The molecular weight excluding hydrogens is 206 g/mol. The van der Waals surface area contributed by atoms with Crippen LogP contribution in [0.3, 0.4) is 0 Å². The molecule has 3 heteroatoms. The maximum atomic E-state index is 5.34. The Morgan fingerprint density at radius 1 is 1.40 bits per heavy atom. The molecule has 0 aliphatic heterocycles. The topological polar surface area (TPSA) is 25.2 Å². The van der Waals surface area contributed by atoms with Gasteiger partial charge in [0.1, 0.15) is 5.76 Å². The molecule has 0 unspecified atom stereocenters. The molecule has 80 valence electrons. The van der Waals surface area contributed by atoms with Crippen LogP contribution in [0, 0.1) is 6.92 Å². The molecule has 0 spiro atoms. The number of rotatable bonds is 5. The fraction of sp³-hybridized carbons (Fsp3) is 0.333. The fourth-order valence-corrected chi connectivity index (χ4v) is 2.16. The Bertz CT molecular complexity index is 391. The summed E-state index contributed by atoms with van der Waals surface area (Å²) in [5.74, 6) is 1.04. The molecule has 2 rings (SSSR count). The van der Waals surface area contributed by atoms with Crippen LogP contribution in [0.1, 0.15) is 16.2 Å². The van der Waals surface area contributed by atoms with Crippen LogP contribution in [0.15, 0.2) is 34.3 Å². The molecule has 0 aliphatic rings. The van der Waals surface area contributed by atoms with E-state index in [0.29, 0.717) is 0 Å². The van der Waals surface area contributed by atoms with Crippen LogP contribution in [0.25, 0.3) is 0 Å². The van der Waals surface area contributed by atoms with Crippen molar-refractivity contribution in [3.8, 4) is 0 Å². The molecule has 0 radical (unpaired) electrons. The van der Waals surface area contributed by atoms with Crippen LogP contribution in [-0.4, -0.2) is 6.54 Å². The van der Waals surface area contributed by atoms with E-state index in [-0.39, 0.29) is 0 Å². The number of aryl methyl sites for hydroxylation is 1. The first-order valence-corrected chi connectivity index (χ1v) is 6.00. The summed E-state index contributed by atoms with van der Waals surface area (Å²) in [6, 6.07) is 6.26. The molecule has 0 fully saturated rings. The van der Waals surface area contributed by atoms with Gasteiger partial charge in [-0.15, -0.1) is 11.3 Å². The van der Waals surface area contributed by atoms with E-state index in [2.05, 4.69) is 29.8 Å². The van der Waals surface area contributed by atoms with Crippen LogP contribution < -0.4 is 5.32 Å². The van der Waals surface area contributed by atoms with Crippen molar-refractivity contribution < 1.29 is 4.42 Å². The molecule has 0 amide bonds. The number of nitrogens with one attached hydrogen (secondary N) is 1. The Morgan fingerprint density at radius 2 is 2.33 bits per heavy atom. The number of hydrogen-bond donors (Lipinski definition) is 1. The highest BCUT2D eigenvalue weighted by molar-refractivity contribution is 7.09. The van der Waals surface area contributed by atoms with Crippen molar-refractivity contribution in [1.29, 1.82) is 0 Å². The molecule has 0 saturated carbocycles. The van der Waals surface area contributed by atoms with Crippen LogP contribution in [-0.2, 0) is 13.0 Å². The Kier molecular flexibility index (Phi) is 3.59. The monoisotopic (exact) mass is 221 g/mol. The zero-order valence-corrected chi connectivity index (χ0v) is 9.64. The van der Waals surface area contributed by atoms with Crippen LogP contribution >= 0.6 is 11.3 Å². The molecule has 2 nitrogen and oxygen atoms in total. The van der Waals surface area contributed by atoms with Crippen molar-refractivity contribution in [3.63, 3.8) is 0 Å². The smallest absolute Gasteiger partial charge is 0.120 e. The maximum absolute atomic E-state index is 5.34. The summed E-state index contributed by atoms with van der Waals surface area (Å²) in [6.07, 6.45) is 2.84. The first-order chi connectivity index (χ1) is 7.36. The average Bonchev–Trinajstić information content (AvgIpc) is 2.85. The van der Waals surface area contributed by atoms with Gasteiger partial charge >= 0.3 is 0 Å². The predicted molar refractivity (Wildman–Crippen MR) is 63.2 cm³/mol. The Balaban J connectivity index is 1.70. The molecule has 0 aromatic carbocycles. The van der Waals surface area contributed by atoms with Gasteiger partial charge in [-0.3, -0.25) is 0 Å². The molecular formula is C12H15NOS. The minimum absolute atomic E-state index is 0.824. The maximum Gasteiger partial charge on any atom is 0.120 e. The molecule has 0 aliphatic carbocycles. The van der Waals surface area contributed by atoms with Crippen molar-refractivity contribution in [2.24, 2.45) is 0 Å². The second-order valence-electron chi connectivity index (χ2n) is 3.53. The quantitative estimate of drug-likeness (QED) is 0.785. The van der Waals surface area contributed by atoms with Gasteiger partial charge in [0.25, 0.3) is 0 Å².